The van der Waals surface area contributed by atoms with Crippen LogP contribution in [0.1, 0.15) is 48.0 Å². The molecule has 39 heavy (non-hydrogen) atoms. The summed E-state index contributed by atoms with van der Waals surface area (Å²) < 4.78 is 21.6. The van der Waals surface area contributed by atoms with E-state index >= 15 is 0 Å². The van der Waals surface area contributed by atoms with Gasteiger partial charge in [-0.3, -0.25) is 19.6 Å². The molecular weight excluding hydrogens is 515 g/mol. The number of fused-ring (bicyclic) bond motifs is 1. The number of likely N-dealkylation sites (tertiary alicyclic amines) is 1. The molecular formula is C30H29FN4O3S. The highest BCUT2D eigenvalue weighted by Gasteiger charge is 2.25. The maximum Gasteiger partial charge on any atom is 0.255 e. The Morgan fingerprint density at radius 2 is 1.85 bits per heavy atom. The second-order valence-electron chi connectivity index (χ2n) is 10.4. The van der Waals surface area contributed by atoms with Crippen molar-refractivity contribution in [2.45, 2.75) is 44.6 Å². The predicted octanol–water partition coefficient (Wildman–Crippen LogP) is 5.76. The second-order valence-corrected chi connectivity index (χ2v) is 11.5. The maximum absolute atomic E-state index is 14.9. The van der Waals surface area contributed by atoms with Crippen LogP contribution in [0.5, 0.6) is 11.5 Å². The maximum atomic E-state index is 14.9. The van der Waals surface area contributed by atoms with Gasteiger partial charge in [-0.05, 0) is 67.5 Å². The third-order valence-electron chi connectivity index (χ3n) is 7.30. The Bertz CT molecular complexity index is 1530. The molecule has 6 rings (SSSR count). The summed E-state index contributed by atoms with van der Waals surface area (Å²) >= 11 is 1.44. The number of aromatic nitrogens is 2. The number of carbonyl (C=O) groups excluding carboxylic acids is 2. The van der Waals surface area contributed by atoms with E-state index in [-0.39, 0.29) is 29.9 Å². The zero-order valence-electron chi connectivity index (χ0n) is 21.4. The molecule has 1 aromatic carbocycles. The van der Waals surface area contributed by atoms with Gasteiger partial charge in [0.15, 0.2) is 11.6 Å². The molecule has 1 aliphatic carbocycles. The van der Waals surface area contributed by atoms with Crippen molar-refractivity contribution in [3.63, 3.8) is 0 Å². The number of ketones is 1. The number of halogens is 1. The van der Waals surface area contributed by atoms with E-state index in [0.717, 1.165) is 35.3 Å². The van der Waals surface area contributed by atoms with Crippen LogP contribution >= 0.6 is 11.3 Å². The molecule has 2 aliphatic rings. The number of rotatable bonds is 8. The quantitative estimate of drug-likeness (QED) is 0.303. The van der Waals surface area contributed by atoms with E-state index in [2.05, 4.69) is 9.97 Å². The first-order valence-electron chi connectivity index (χ1n) is 13.3. The molecule has 4 aromatic rings. The summed E-state index contributed by atoms with van der Waals surface area (Å²) in [5, 5.41) is 0. The molecule has 1 saturated heterocycles. The fourth-order valence-corrected chi connectivity index (χ4v) is 5.91. The Morgan fingerprint density at radius 3 is 2.56 bits per heavy atom. The molecule has 4 heterocycles. The lowest BCUT2D eigenvalue weighted by Crippen LogP contribution is -2.42. The summed E-state index contributed by atoms with van der Waals surface area (Å²) in [6, 6.07) is 12.1. The summed E-state index contributed by atoms with van der Waals surface area (Å²) in [5.41, 5.74) is 8.58. The zero-order valence-corrected chi connectivity index (χ0v) is 22.3. The monoisotopic (exact) mass is 544 g/mol. The Hall–Kier alpha value is -3.69. The first-order valence-corrected chi connectivity index (χ1v) is 14.1. The number of ether oxygens (including phenoxy) is 1. The van der Waals surface area contributed by atoms with Crippen molar-refractivity contribution < 1.29 is 18.7 Å². The number of hydrogen-bond donors (Lipinski definition) is 1. The Balaban J connectivity index is 1.17. The fourth-order valence-electron chi connectivity index (χ4n) is 4.87. The summed E-state index contributed by atoms with van der Waals surface area (Å²) in [7, 11) is 0. The Morgan fingerprint density at radius 1 is 1.03 bits per heavy atom. The van der Waals surface area contributed by atoms with Gasteiger partial charge in [0, 0.05) is 50.4 Å². The van der Waals surface area contributed by atoms with Gasteiger partial charge in [-0.25, -0.2) is 4.39 Å². The molecule has 0 unspecified atom stereocenters. The van der Waals surface area contributed by atoms with E-state index in [1.54, 1.807) is 36.7 Å². The number of carbonyl (C=O) groups is 2. The van der Waals surface area contributed by atoms with Gasteiger partial charge < -0.3 is 15.4 Å². The lowest BCUT2D eigenvalue weighted by molar-refractivity contribution is -0.118. The molecule has 1 aliphatic heterocycles. The molecule has 7 nitrogen and oxygen atoms in total. The number of Topliss-reactive ketones (excluding diaryl/α,β-unsaturated/α-hetero) is 1. The second kappa shape index (κ2) is 10.8. The molecule has 0 atom stereocenters. The van der Waals surface area contributed by atoms with Crippen LogP contribution in [0.3, 0.4) is 0 Å². The van der Waals surface area contributed by atoms with Crippen LogP contribution in [0.25, 0.3) is 20.8 Å². The molecule has 9 heteroatoms. The average Bonchev–Trinajstić information content (AvgIpc) is 3.63. The zero-order chi connectivity index (χ0) is 26.9. The van der Waals surface area contributed by atoms with Gasteiger partial charge in [-0.15, -0.1) is 11.3 Å². The smallest absolute Gasteiger partial charge is 0.255 e. The van der Waals surface area contributed by atoms with E-state index < -0.39 is 5.82 Å². The van der Waals surface area contributed by atoms with E-state index in [4.69, 9.17) is 10.5 Å². The van der Waals surface area contributed by atoms with Gasteiger partial charge in [0.25, 0.3) is 5.91 Å². The number of nitrogens with zero attached hydrogens (tertiary/aromatic N) is 3. The largest absolute Gasteiger partial charge is 0.453 e. The third kappa shape index (κ3) is 5.84. The van der Waals surface area contributed by atoms with Crippen LogP contribution in [0.4, 0.5) is 4.39 Å². The van der Waals surface area contributed by atoms with Crippen molar-refractivity contribution in [2.75, 3.05) is 13.1 Å². The van der Waals surface area contributed by atoms with E-state index in [0.29, 0.717) is 53.5 Å². The lowest BCUT2D eigenvalue weighted by atomic mass is 10.0. The lowest BCUT2D eigenvalue weighted by Gasteiger charge is -2.30. The number of piperidine rings is 1. The minimum atomic E-state index is -0.508. The SMILES string of the molecule is NC1CCN(C(=O)c2ccc(-c3cc4nccc(Oc5ccc(CC(=O)CC6CC6)cc5F)c4s3)nc2)CC1. The van der Waals surface area contributed by atoms with Crippen molar-refractivity contribution in [3.05, 3.63) is 71.8 Å². The molecule has 0 spiro atoms. The van der Waals surface area contributed by atoms with Crippen molar-refractivity contribution in [3.8, 4) is 22.1 Å². The first kappa shape index (κ1) is 25.6. The third-order valence-corrected chi connectivity index (χ3v) is 8.46. The first-order chi connectivity index (χ1) is 18.9. The standard InChI is InChI=1S/C30H29FN4O3S/c31-23-15-19(14-22(36)13-18-1-2-18)3-6-26(23)38-27-7-10-33-25-16-28(39-29(25)27)24-5-4-20(17-34-24)30(37)35-11-8-21(32)9-12-35/h3-7,10,15-18,21H,1-2,8-9,11-14,32H2. The fraction of sp³-hybridized carbons (Fsp3) is 0.333. The Kier molecular flexibility index (Phi) is 7.10. The van der Waals surface area contributed by atoms with Gasteiger partial charge in [-0.1, -0.05) is 6.07 Å². The topological polar surface area (TPSA) is 98.4 Å². The van der Waals surface area contributed by atoms with Crippen molar-refractivity contribution >= 4 is 33.2 Å². The summed E-state index contributed by atoms with van der Waals surface area (Å²) in [6.07, 6.45) is 7.91. The van der Waals surface area contributed by atoms with Gasteiger partial charge in [0.2, 0.25) is 0 Å². The Labute approximate surface area is 229 Å². The highest BCUT2D eigenvalue weighted by atomic mass is 32.1. The molecule has 1 amide bonds. The summed E-state index contributed by atoms with van der Waals surface area (Å²) in [6.45, 7) is 1.32. The molecule has 0 radical (unpaired) electrons. The molecule has 1 saturated carbocycles. The number of amides is 1. The molecule has 0 bridgehead atoms. The predicted molar refractivity (Wildman–Crippen MR) is 148 cm³/mol. The van der Waals surface area contributed by atoms with Gasteiger partial charge in [-0.2, -0.15) is 0 Å². The van der Waals surface area contributed by atoms with Crippen LogP contribution in [0.15, 0.2) is 54.9 Å². The molecule has 2 N–H and O–H groups in total. The van der Waals surface area contributed by atoms with Crippen LogP contribution in [0.2, 0.25) is 0 Å². The minimum absolute atomic E-state index is 0.0324. The average molecular weight is 545 g/mol. The van der Waals surface area contributed by atoms with Gasteiger partial charge >= 0.3 is 0 Å². The van der Waals surface area contributed by atoms with Crippen molar-refractivity contribution in [1.82, 2.24) is 14.9 Å². The summed E-state index contributed by atoms with van der Waals surface area (Å²) in [5.74, 6) is 0.707. The number of thiophene rings is 1. The van der Waals surface area contributed by atoms with Crippen LogP contribution in [0, 0.1) is 11.7 Å². The number of benzene rings is 1. The normalized spacial score (nSPS) is 16.0. The van der Waals surface area contributed by atoms with Crippen LogP contribution < -0.4 is 10.5 Å². The number of pyridine rings is 2. The minimum Gasteiger partial charge on any atom is -0.453 e. The van der Waals surface area contributed by atoms with E-state index in [9.17, 15) is 14.0 Å². The highest BCUT2D eigenvalue weighted by molar-refractivity contribution is 7.22. The molecule has 3 aromatic heterocycles. The van der Waals surface area contributed by atoms with Crippen LogP contribution in [-0.2, 0) is 11.2 Å². The van der Waals surface area contributed by atoms with Crippen molar-refractivity contribution in [2.24, 2.45) is 11.7 Å². The number of hydrogen-bond acceptors (Lipinski definition) is 7. The van der Waals surface area contributed by atoms with Crippen molar-refractivity contribution in [1.29, 1.82) is 0 Å². The number of nitrogens with two attached hydrogens (primary N) is 1. The summed E-state index contributed by atoms with van der Waals surface area (Å²) in [4.78, 5) is 36.7. The van der Waals surface area contributed by atoms with Crippen LogP contribution in [-0.4, -0.2) is 45.7 Å². The highest BCUT2D eigenvalue weighted by Crippen LogP contribution is 2.39. The van der Waals surface area contributed by atoms with E-state index in [1.807, 2.05) is 17.0 Å². The molecule has 200 valence electrons. The molecule has 2 fully saturated rings. The van der Waals surface area contributed by atoms with E-state index in [1.165, 1.54) is 17.4 Å². The van der Waals surface area contributed by atoms with Gasteiger partial charge in [0.05, 0.1) is 26.4 Å². The van der Waals surface area contributed by atoms with Gasteiger partial charge in [0.1, 0.15) is 11.5 Å².